The smallest absolute Gasteiger partial charge is 0.384 e. The first-order valence-corrected chi connectivity index (χ1v) is 4.39. The van der Waals surface area contributed by atoms with Gasteiger partial charge in [-0.05, 0) is 17.7 Å². The van der Waals surface area contributed by atoms with Crippen molar-refractivity contribution in [3.63, 3.8) is 0 Å². The minimum absolute atomic E-state index is 0.211. The zero-order valence-electron chi connectivity index (χ0n) is 6.79. The molecule has 1 rings (SSSR count). The van der Waals surface area contributed by atoms with E-state index >= 15 is 0 Å². The molecule has 0 amide bonds. The Morgan fingerprint density at radius 1 is 1.62 bits per heavy atom. The summed E-state index contributed by atoms with van der Waals surface area (Å²) in [5.74, 6) is 1.24. The topological polar surface area (TPSA) is 26.3 Å². The second-order valence-corrected chi connectivity index (χ2v) is 3.27. The highest BCUT2D eigenvalue weighted by Crippen LogP contribution is 2.12. The predicted octanol–water partition coefficient (Wildman–Crippen LogP) is 2.13. The van der Waals surface area contributed by atoms with Crippen molar-refractivity contribution in [2.75, 3.05) is 0 Å². The molecule has 0 bridgehead atoms. The molecule has 0 N–H and O–H groups in total. The first-order valence-electron chi connectivity index (χ1n) is 3.60. The van der Waals surface area contributed by atoms with Crippen LogP contribution in [0.2, 0.25) is 0 Å². The van der Waals surface area contributed by atoms with Gasteiger partial charge in [-0.25, -0.2) is 4.79 Å². The lowest BCUT2D eigenvalue weighted by molar-refractivity contribution is -0.137. The molecule has 66 valence electrons. The van der Waals surface area contributed by atoms with Gasteiger partial charge in [0, 0.05) is 10.4 Å². The summed E-state index contributed by atoms with van der Waals surface area (Å²) >= 11 is 3.31. The normalized spacial score (nSPS) is 8.92. The van der Waals surface area contributed by atoms with Crippen molar-refractivity contribution in [1.29, 1.82) is 0 Å². The number of ether oxygens (including phenoxy) is 1. The van der Waals surface area contributed by atoms with Crippen LogP contribution < -0.4 is 0 Å². The maximum Gasteiger partial charge on any atom is 0.384 e. The van der Waals surface area contributed by atoms with Gasteiger partial charge in [-0.3, -0.25) is 0 Å². The van der Waals surface area contributed by atoms with Gasteiger partial charge < -0.3 is 4.74 Å². The Morgan fingerprint density at radius 3 is 3.00 bits per heavy atom. The number of carbonyl (C=O) groups excluding carboxylic acids is 1. The van der Waals surface area contributed by atoms with E-state index in [0.29, 0.717) is 0 Å². The van der Waals surface area contributed by atoms with E-state index in [9.17, 15) is 4.79 Å². The van der Waals surface area contributed by atoms with Crippen LogP contribution in [0.1, 0.15) is 5.56 Å². The molecule has 1 aromatic carbocycles. The maximum atomic E-state index is 10.6. The number of carbonyl (C=O) groups is 1. The SMILES string of the molecule is C#CC(=O)OCc1cccc(Br)c1. The van der Waals surface area contributed by atoms with Crippen LogP contribution in [-0.2, 0) is 16.1 Å². The summed E-state index contributed by atoms with van der Waals surface area (Å²) in [6.45, 7) is 0.211. The average Bonchev–Trinajstić information content (AvgIpc) is 2.14. The zero-order valence-corrected chi connectivity index (χ0v) is 8.37. The van der Waals surface area contributed by atoms with Crippen molar-refractivity contribution in [1.82, 2.24) is 0 Å². The van der Waals surface area contributed by atoms with Gasteiger partial charge >= 0.3 is 5.97 Å². The van der Waals surface area contributed by atoms with Gasteiger partial charge in [-0.2, -0.15) is 0 Å². The molecule has 0 radical (unpaired) electrons. The molecule has 0 aliphatic carbocycles. The van der Waals surface area contributed by atoms with Crippen molar-refractivity contribution in [2.45, 2.75) is 6.61 Å². The Hall–Kier alpha value is -1.27. The van der Waals surface area contributed by atoms with Gasteiger partial charge in [-0.1, -0.05) is 28.1 Å². The van der Waals surface area contributed by atoms with Gasteiger partial charge in [0.05, 0.1) is 0 Å². The van der Waals surface area contributed by atoms with E-state index in [1.807, 2.05) is 30.2 Å². The Morgan fingerprint density at radius 2 is 2.38 bits per heavy atom. The second kappa shape index (κ2) is 4.68. The van der Waals surface area contributed by atoms with Crippen LogP contribution in [0.3, 0.4) is 0 Å². The summed E-state index contributed by atoms with van der Waals surface area (Å²) in [5.41, 5.74) is 0.901. The lowest BCUT2D eigenvalue weighted by atomic mass is 10.2. The molecule has 0 aromatic heterocycles. The third-order valence-electron chi connectivity index (χ3n) is 1.38. The van der Waals surface area contributed by atoms with Crippen LogP contribution in [0.4, 0.5) is 0 Å². The van der Waals surface area contributed by atoms with Crippen LogP contribution in [0, 0.1) is 12.3 Å². The molecule has 0 saturated carbocycles. The molecule has 0 atom stereocenters. The number of hydrogen-bond donors (Lipinski definition) is 0. The van der Waals surface area contributed by atoms with E-state index in [1.54, 1.807) is 0 Å². The Labute approximate surface area is 85.0 Å². The number of hydrogen-bond acceptors (Lipinski definition) is 2. The average molecular weight is 239 g/mol. The quantitative estimate of drug-likeness (QED) is 0.449. The Kier molecular flexibility index (Phi) is 3.53. The lowest BCUT2D eigenvalue weighted by Gasteiger charge is -2.00. The van der Waals surface area contributed by atoms with E-state index in [0.717, 1.165) is 10.0 Å². The van der Waals surface area contributed by atoms with Gasteiger partial charge in [0.2, 0.25) is 0 Å². The molecule has 0 unspecified atom stereocenters. The summed E-state index contributed by atoms with van der Waals surface area (Å²) in [6, 6.07) is 7.48. The van der Waals surface area contributed by atoms with Crippen LogP contribution in [0.25, 0.3) is 0 Å². The Bertz CT molecular complexity index is 352. The molecule has 0 aliphatic rings. The van der Waals surface area contributed by atoms with E-state index in [2.05, 4.69) is 15.9 Å². The molecule has 0 fully saturated rings. The van der Waals surface area contributed by atoms with Crippen molar-refractivity contribution >= 4 is 21.9 Å². The van der Waals surface area contributed by atoms with E-state index in [4.69, 9.17) is 11.2 Å². The van der Waals surface area contributed by atoms with Crippen LogP contribution in [0.15, 0.2) is 28.7 Å². The van der Waals surface area contributed by atoms with Crippen LogP contribution >= 0.6 is 15.9 Å². The highest BCUT2D eigenvalue weighted by Gasteiger charge is 1.98. The molecule has 0 aliphatic heterocycles. The first kappa shape index (κ1) is 9.82. The number of halogens is 1. The van der Waals surface area contributed by atoms with Crippen LogP contribution in [0.5, 0.6) is 0 Å². The molecule has 13 heavy (non-hydrogen) atoms. The molecule has 1 aromatic rings. The summed E-state index contributed by atoms with van der Waals surface area (Å²) in [5, 5.41) is 0. The summed E-state index contributed by atoms with van der Waals surface area (Å²) < 4.78 is 5.68. The van der Waals surface area contributed by atoms with Crippen molar-refractivity contribution in [3.8, 4) is 12.3 Å². The zero-order chi connectivity index (χ0) is 9.68. The number of esters is 1. The van der Waals surface area contributed by atoms with Crippen molar-refractivity contribution < 1.29 is 9.53 Å². The second-order valence-electron chi connectivity index (χ2n) is 2.35. The standard InChI is InChI=1S/C10H7BrO2/c1-2-10(12)13-7-8-4-3-5-9(11)6-8/h1,3-6H,7H2. The van der Waals surface area contributed by atoms with E-state index in [-0.39, 0.29) is 6.61 Å². The van der Waals surface area contributed by atoms with Gasteiger partial charge in [0.25, 0.3) is 0 Å². The fourth-order valence-corrected chi connectivity index (χ4v) is 1.26. The van der Waals surface area contributed by atoms with Gasteiger partial charge in [0.15, 0.2) is 0 Å². The number of benzene rings is 1. The van der Waals surface area contributed by atoms with Crippen molar-refractivity contribution in [3.05, 3.63) is 34.3 Å². The van der Waals surface area contributed by atoms with Crippen molar-refractivity contribution in [2.24, 2.45) is 0 Å². The molecular weight excluding hydrogens is 232 g/mol. The summed E-state index contributed by atoms with van der Waals surface area (Å²) in [7, 11) is 0. The predicted molar refractivity (Wildman–Crippen MR) is 52.8 cm³/mol. The first-order chi connectivity index (χ1) is 6.22. The summed E-state index contributed by atoms with van der Waals surface area (Å²) in [4.78, 5) is 10.6. The van der Waals surface area contributed by atoms with E-state index < -0.39 is 5.97 Å². The third kappa shape index (κ3) is 3.30. The lowest BCUT2D eigenvalue weighted by Crippen LogP contribution is -2.00. The highest BCUT2D eigenvalue weighted by atomic mass is 79.9. The third-order valence-corrected chi connectivity index (χ3v) is 1.87. The summed E-state index contributed by atoms with van der Waals surface area (Å²) in [6.07, 6.45) is 4.83. The Balaban J connectivity index is 2.56. The molecule has 3 heteroatoms. The highest BCUT2D eigenvalue weighted by molar-refractivity contribution is 9.10. The monoisotopic (exact) mass is 238 g/mol. The molecule has 0 spiro atoms. The molecule has 0 heterocycles. The van der Waals surface area contributed by atoms with Gasteiger partial charge in [0.1, 0.15) is 6.61 Å². The number of terminal acetylenes is 1. The fourth-order valence-electron chi connectivity index (χ4n) is 0.817. The largest absolute Gasteiger partial charge is 0.451 e. The number of rotatable bonds is 2. The molecule has 0 saturated heterocycles. The minimum Gasteiger partial charge on any atom is -0.451 e. The molecular formula is C10H7BrO2. The van der Waals surface area contributed by atoms with Crippen LogP contribution in [-0.4, -0.2) is 5.97 Å². The van der Waals surface area contributed by atoms with E-state index in [1.165, 1.54) is 0 Å². The fraction of sp³-hybridized carbons (Fsp3) is 0.100. The minimum atomic E-state index is -0.639. The molecule has 2 nitrogen and oxygen atoms in total. The maximum absolute atomic E-state index is 10.6. The van der Waals surface area contributed by atoms with Gasteiger partial charge in [-0.15, -0.1) is 6.42 Å².